The van der Waals surface area contributed by atoms with E-state index in [0.717, 1.165) is 50.9 Å². The fraction of sp³-hybridized carbons (Fsp3) is 0.537. The van der Waals surface area contributed by atoms with Crippen molar-refractivity contribution < 1.29 is 32.3 Å². The second-order valence-corrected chi connectivity index (χ2v) is 19.0. The first-order valence-corrected chi connectivity index (χ1v) is 22.5. The summed E-state index contributed by atoms with van der Waals surface area (Å²) in [5, 5.41) is 7.90. The van der Waals surface area contributed by atoms with Gasteiger partial charge in [-0.3, -0.25) is 19.6 Å². The number of ether oxygens (including phenoxy) is 2. The minimum Gasteiger partial charge on any atom is -0.464 e. The van der Waals surface area contributed by atoms with Crippen LogP contribution in [-0.2, 0) is 48.3 Å². The third-order valence-corrected chi connectivity index (χ3v) is 12.8. The lowest BCUT2D eigenvalue weighted by Gasteiger charge is -2.41. The highest BCUT2D eigenvalue weighted by Crippen LogP contribution is 2.40. The molecule has 3 aromatic rings. The van der Waals surface area contributed by atoms with Crippen LogP contribution in [0.1, 0.15) is 70.1 Å². The van der Waals surface area contributed by atoms with Crippen molar-refractivity contribution >= 4 is 61.8 Å². The number of likely N-dealkylation sites (tertiary alicyclic amines) is 1. The zero-order valence-electron chi connectivity index (χ0n) is 34.0. The van der Waals surface area contributed by atoms with Crippen LogP contribution in [0, 0.1) is 5.41 Å². The zero-order valence-corrected chi connectivity index (χ0v) is 35.6. The molecule has 16 heteroatoms. The summed E-state index contributed by atoms with van der Waals surface area (Å²) >= 11 is 1.40. The number of fused-ring (bicyclic) bond motifs is 6. The largest absolute Gasteiger partial charge is 0.464 e. The Kier molecular flexibility index (Phi) is 12.8. The number of rotatable bonds is 9. The molecule has 5 heterocycles. The highest BCUT2D eigenvalue weighted by Gasteiger charge is 2.39. The maximum atomic E-state index is 14.2. The number of amides is 3. The number of cyclic esters (lactones) is 1. The normalized spacial score (nSPS) is 22.8. The Labute approximate surface area is 339 Å². The number of urea groups is 1. The number of carbonyl (C=O) groups is 3. The van der Waals surface area contributed by atoms with E-state index in [1.165, 1.54) is 21.2 Å². The number of hydrogen-bond acceptors (Lipinski definition) is 11. The lowest BCUT2D eigenvalue weighted by atomic mass is 9.84. The van der Waals surface area contributed by atoms with Crippen LogP contribution in [0.25, 0.3) is 27.7 Å². The molecule has 0 aliphatic carbocycles. The van der Waals surface area contributed by atoms with E-state index in [2.05, 4.69) is 54.8 Å². The highest BCUT2D eigenvalue weighted by atomic mass is 32.2. The molecule has 3 amide bonds. The van der Waals surface area contributed by atoms with Crippen molar-refractivity contribution in [2.75, 3.05) is 38.8 Å². The molecule has 3 aliphatic heterocycles. The van der Waals surface area contributed by atoms with Crippen LogP contribution >= 0.6 is 11.3 Å². The zero-order chi connectivity index (χ0) is 41.2. The summed E-state index contributed by atoms with van der Waals surface area (Å²) in [5.41, 5.74) is 8.84. The van der Waals surface area contributed by atoms with E-state index in [4.69, 9.17) is 19.5 Å². The van der Waals surface area contributed by atoms with Gasteiger partial charge in [-0.2, -0.15) is 0 Å². The molecule has 0 unspecified atom stereocenters. The molecule has 0 radical (unpaired) electrons. The number of carbonyl (C=O) groups excluding carboxylic acids is 3. The SMILES string of the molecule is C=C/C(=C(\N=C/C)[C@H](C)OC)c1c2c3cc(ccc3n1CC)-c1csc(n1)C[C@H](NC(=O)N1CC[C@H]1CS(C)(=O)=O)C(=O)N1CCC[C@H](N1)C(=O)OCC(C)(C)C2. The lowest BCUT2D eigenvalue weighted by molar-refractivity contribution is -0.155. The second-order valence-electron chi connectivity index (χ2n) is 15.9. The lowest BCUT2D eigenvalue weighted by Crippen LogP contribution is -2.63. The van der Waals surface area contributed by atoms with Crippen LogP contribution in [0.2, 0.25) is 0 Å². The number of aliphatic imine (C=N–C) groups is 1. The maximum absolute atomic E-state index is 14.2. The van der Waals surface area contributed by atoms with Gasteiger partial charge in [-0.15, -0.1) is 11.3 Å². The van der Waals surface area contributed by atoms with Gasteiger partial charge < -0.3 is 24.3 Å². The maximum Gasteiger partial charge on any atom is 0.324 e. The van der Waals surface area contributed by atoms with Crippen molar-refractivity contribution in [1.29, 1.82) is 0 Å². The van der Waals surface area contributed by atoms with Crippen LogP contribution < -0.4 is 10.7 Å². The van der Waals surface area contributed by atoms with Crippen LogP contribution in [0.5, 0.6) is 0 Å². The molecule has 6 bridgehead atoms. The number of esters is 1. The van der Waals surface area contributed by atoms with Gasteiger partial charge in [0, 0.05) is 84.5 Å². The number of nitrogens with zero attached hydrogens (tertiary/aromatic N) is 5. The summed E-state index contributed by atoms with van der Waals surface area (Å²) < 4.78 is 38.2. The second kappa shape index (κ2) is 17.2. The topological polar surface area (TPSA) is 165 Å². The summed E-state index contributed by atoms with van der Waals surface area (Å²) in [6, 6.07) is 3.50. The van der Waals surface area contributed by atoms with Gasteiger partial charge in [-0.1, -0.05) is 32.6 Å². The number of hydrazine groups is 1. The van der Waals surface area contributed by atoms with Crippen LogP contribution in [0.15, 0.2) is 46.9 Å². The molecule has 57 heavy (non-hydrogen) atoms. The predicted molar refractivity (Wildman–Crippen MR) is 224 cm³/mol. The summed E-state index contributed by atoms with van der Waals surface area (Å²) in [7, 11) is -1.66. The molecule has 1 aromatic carbocycles. The molecule has 2 aromatic heterocycles. The third-order valence-electron chi connectivity index (χ3n) is 10.9. The number of aryl methyl sites for hydroxylation is 1. The molecule has 2 saturated heterocycles. The molecule has 0 spiro atoms. The van der Waals surface area contributed by atoms with E-state index < -0.39 is 51.3 Å². The van der Waals surface area contributed by atoms with E-state index >= 15 is 0 Å². The van der Waals surface area contributed by atoms with Crippen LogP contribution in [-0.4, -0.2) is 115 Å². The van der Waals surface area contributed by atoms with Gasteiger partial charge in [0.25, 0.3) is 5.91 Å². The molecular formula is C41H55N7O7S2. The van der Waals surface area contributed by atoms with Crippen molar-refractivity contribution in [1.82, 2.24) is 30.2 Å². The van der Waals surface area contributed by atoms with Crippen molar-refractivity contribution in [2.24, 2.45) is 10.4 Å². The summed E-state index contributed by atoms with van der Waals surface area (Å²) in [6.07, 6.45) is 6.66. The number of hydrogen-bond donors (Lipinski definition) is 2. The smallest absolute Gasteiger partial charge is 0.324 e. The number of allylic oxidation sites excluding steroid dienone is 2. The first-order valence-electron chi connectivity index (χ1n) is 19.5. The van der Waals surface area contributed by atoms with Crippen LogP contribution in [0.4, 0.5) is 4.79 Å². The minimum atomic E-state index is -3.32. The van der Waals surface area contributed by atoms with Gasteiger partial charge >= 0.3 is 12.0 Å². The van der Waals surface area contributed by atoms with E-state index in [1.807, 2.05) is 31.4 Å². The van der Waals surface area contributed by atoms with Crippen molar-refractivity contribution in [3.8, 4) is 11.3 Å². The molecule has 3 aliphatic rings. The Bertz CT molecular complexity index is 2210. The Morgan fingerprint density at radius 3 is 2.68 bits per heavy atom. The molecule has 308 valence electrons. The number of thiazole rings is 1. The van der Waals surface area contributed by atoms with Crippen molar-refractivity contribution in [3.63, 3.8) is 0 Å². The highest BCUT2D eigenvalue weighted by molar-refractivity contribution is 7.90. The molecule has 14 nitrogen and oxygen atoms in total. The number of methoxy groups -OCH3 is 1. The van der Waals surface area contributed by atoms with Gasteiger partial charge in [0.1, 0.15) is 21.9 Å². The third kappa shape index (κ3) is 9.19. The Hall–Kier alpha value is -4.38. The molecule has 4 atom stereocenters. The molecular weight excluding hydrogens is 767 g/mol. The van der Waals surface area contributed by atoms with Gasteiger partial charge in [-0.05, 0) is 64.2 Å². The Morgan fingerprint density at radius 1 is 1.26 bits per heavy atom. The van der Waals surface area contributed by atoms with E-state index in [1.54, 1.807) is 13.3 Å². The number of aromatic nitrogens is 2. The van der Waals surface area contributed by atoms with E-state index in [9.17, 15) is 22.8 Å². The van der Waals surface area contributed by atoms with Crippen molar-refractivity contribution in [2.45, 2.75) is 97.5 Å². The average molecular weight is 822 g/mol. The fourth-order valence-corrected chi connectivity index (χ4v) is 9.84. The molecule has 2 N–H and O–H groups in total. The predicted octanol–water partition coefficient (Wildman–Crippen LogP) is 5.17. The molecule has 6 rings (SSSR count). The van der Waals surface area contributed by atoms with Gasteiger partial charge in [0.05, 0.1) is 40.6 Å². The number of nitrogens with one attached hydrogen (secondary N) is 2. The fourth-order valence-electron chi connectivity index (χ4n) is 7.94. The summed E-state index contributed by atoms with van der Waals surface area (Å²) in [5.74, 6) is -1.03. The number of benzene rings is 1. The van der Waals surface area contributed by atoms with Crippen LogP contribution in [0.3, 0.4) is 0 Å². The average Bonchev–Trinajstić information content (AvgIpc) is 3.75. The first-order chi connectivity index (χ1) is 27.1. The van der Waals surface area contributed by atoms with Gasteiger partial charge in [0.15, 0.2) is 0 Å². The quantitative estimate of drug-likeness (QED) is 0.169. The minimum absolute atomic E-state index is 0.0943. The Morgan fingerprint density at radius 2 is 2.04 bits per heavy atom. The monoisotopic (exact) mass is 821 g/mol. The first kappa shape index (κ1) is 42.2. The van der Waals surface area contributed by atoms with Gasteiger partial charge in [-0.25, -0.2) is 23.6 Å². The molecule has 0 saturated carbocycles. The van der Waals surface area contributed by atoms with Crippen molar-refractivity contribution in [3.05, 3.63) is 58.2 Å². The summed E-state index contributed by atoms with van der Waals surface area (Å²) in [6.45, 7) is 15.8. The molecule has 2 fully saturated rings. The summed E-state index contributed by atoms with van der Waals surface area (Å²) in [4.78, 5) is 52.7. The number of sulfone groups is 1. The van der Waals surface area contributed by atoms with Gasteiger partial charge in [0.2, 0.25) is 0 Å². The van der Waals surface area contributed by atoms with E-state index in [-0.39, 0.29) is 24.9 Å². The van der Waals surface area contributed by atoms with E-state index in [0.29, 0.717) is 50.3 Å². The Balaban J connectivity index is 1.47. The standard InChI is InChI=1S/C41H55N7O7S2/c1-9-28(36(42-10-2)25(4)54-7)37-30-21-41(5,6)24-55-39(50)31-13-12-17-48(45-31)38(49)32(44-40(51)47-18-16-27(47)23-57(8,52)53)20-35-43-33(22-56-35)26-14-15-34(29(30)19-26)46(37)11-3/h9-10,14-15,19,22,25,27,31-32,45H,1,11-13,16-18,20-21,23-24H2,2-8H3,(H,44,51)/b36-28+,42-10-/t25-,27-,31-,32-/m0/s1.